The number of amides is 1. The van der Waals surface area contributed by atoms with E-state index in [4.69, 9.17) is 14.6 Å². The summed E-state index contributed by atoms with van der Waals surface area (Å²) in [6.45, 7) is 3.94. The van der Waals surface area contributed by atoms with Gasteiger partial charge in [-0.3, -0.25) is 14.6 Å². The lowest BCUT2D eigenvalue weighted by Gasteiger charge is -2.32. The summed E-state index contributed by atoms with van der Waals surface area (Å²) in [4.78, 5) is 31.5. The minimum Gasteiger partial charge on any atom is -0.493 e. The van der Waals surface area contributed by atoms with E-state index in [0.29, 0.717) is 45.8 Å². The van der Waals surface area contributed by atoms with Crippen LogP contribution in [0.4, 0.5) is 5.69 Å². The molecule has 0 fully saturated rings. The SMILES string of the molecule is CCCCSc1n[n+]2c(c(=O)[nH]1)-c1ccccc1N(C(C)=O)[C@@H]2c1cccc(OC)c1OCc1ccccc1. The van der Waals surface area contributed by atoms with Crippen molar-refractivity contribution in [2.45, 2.75) is 44.6 Å². The van der Waals surface area contributed by atoms with Crippen molar-refractivity contribution in [3.05, 3.63) is 94.3 Å². The Morgan fingerprint density at radius 1 is 1.08 bits per heavy atom. The van der Waals surface area contributed by atoms with Gasteiger partial charge in [0.25, 0.3) is 6.17 Å². The van der Waals surface area contributed by atoms with E-state index in [1.807, 2.05) is 72.8 Å². The molecule has 1 aromatic heterocycles. The highest BCUT2D eigenvalue weighted by molar-refractivity contribution is 7.99. The maximum absolute atomic E-state index is 13.6. The number of thioether (sulfide) groups is 1. The molecule has 2 heterocycles. The first-order valence-corrected chi connectivity index (χ1v) is 13.9. The molecule has 1 amide bonds. The number of unbranched alkanes of at least 4 members (excludes halogenated alkanes) is 1. The Bertz CT molecular complexity index is 1540. The Balaban J connectivity index is 1.72. The molecule has 9 heteroatoms. The number of hydrogen-bond acceptors (Lipinski definition) is 6. The zero-order valence-corrected chi connectivity index (χ0v) is 23.0. The number of nitrogens with zero attached hydrogens (tertiary/aromatic N) is 3. The van der Waals surface area contributed by atoms with Crippen LogP contribution in [-0.4, -0.2) is 28.9 Å². The number of para-hydroxylation sites is 2. The Kier molecular flexibility index (Phi) is 7.97. The van der Waals surface area contributed by atoms with Gasteiger partial charge in [0.1, 0.15) is 6.61 Å². The van der Waals surface area contributed by atoms with Crippen LogP contribution in [-0.2, 0) is 11.4 Å². The van der Waals surface area contributed by atoms with E-state index in [9.17, 15) is 9.59 Å². The van der Waals surface area contributed by atoms with Crippen molar-refractivity contribution < 1.29 is 19.0 Å². The number of anilines is 1. The highest BCUT2D eigenvalue weighted by Gasteiger charge is 2.46. The highest BCUT2D eigenvalue weighted by Crippen LogP contribution is 2.42. The monoisotopic (exact) mass is 543 g/mol. The van der Waals surface area contributed by atoms with Crippen LogP contribution in [0.3, 0.4) is 0 Å². The first-order chi connectivity index (χ1) is 19.0. The molecule has 39 heavy (non-hydrogen) atoms. The molecule has 0 spiro atoms. The van der Waals surface area contributed by atoms with E-state index >= 15 is 0 Å². The van der Waals surface area contributed by atoms with Gasteiger partial charge in [0.15, 0.2) is 11.5 Å². The molecule has 0 radical (unpaired) electrons. The van der Waals surface area contributed by atoms with E-state index in [1.165, 1.54) is 18.7 Å². The average molecular weight is 544 g/mol. The quantitative estimate of drug-likeness (QED) is 0.179. The van der Waals surface area contributed by atoms with E-state index in [1.54, 1.807) is 16.7 Å². The van der Waals surface area contributed by atoms with E-state index in [-0.39, 0.29) is 11.5 Å². The molecule has 0 aliphatic carbocycles. The molecular weight excluding hydrogens is 512 g/mol. The van der Waals surface area contributed by atoms with Gasteiger partial charge >= 0.3 is 11.3 Å². The average Bonchev–Trinajstić information content (AvgIpc) is 2.95. The summed E-state index contributed by atoms with van der Waals surface area (Å²) in [5.41, 5.74) is 3.03. The number of nitrogens with one attached hydrogen (secondary N) is 1. The Morgan fingerprint density at radius 3 is 2.59 bits per heavy atom. The molecule has 4 aromatic rings. The molecule has 5 rings (SSSR count). The van der Waals surface area contributed by atoms with Gasteiger partial charge in [-0.05, 0) is 40.9 Å². The van der Waals surface area contributed by atoms with E-state index in [0.717, 1.165) is 24.2 Å². The lowest BCUT2D eigenvalue weighted by molar-refractivity contribution is -0.763. The molecule has 200 valence electrons. The minimum absolute atomic E-state index is 0.190. The largest absolute Gasteiger partial charge is 0.493 e. The minimum atomic E-state index is -0.777. The fourth-order valence-corrected chi connectivity index (χ4v) is 5.69. The van der Waals surface area contributed by atoms with Crippen LogP contribution in [0.5, 0.6) is 11.5 Å². The molecule has 0 saturated carbocycles. The smallest absolute Gasteiger partial charge is 0.325 e. The maximum atomic E-state index is 13.6. The van der Waals surface area contributed by atoms with Crippen LogP contribution >= 0.6 is 11.8 Å². The topological polar surface area (TPSA) is 88.4 Å². The Hall–Kier alpha value is -4.11. The number of aromatic nitrogens is 3. The molecule has 0 bridgehead atoms. The fraction of sp³-hybridized carbons (Fsp3) is 0.267. The number of hydrogen-bond donors (Lipinski definition) is 1. The van der Waals surface area contributed by atoms with Crippen LogP contribution in [0.15, 0.2) is 82.7 Å². The Morgan fingerprint density at radius 2 is 1.85 bits per heavy atom. The number of benzene rings is 3. The number of carbonyl (C=O) groups excluding carboxylic acids is 1. The zero-order chi connectivity index (χ0) is 27.4. The van der Waals surface area contributed by atoms with Crippen molar-refractivity contribution in [2.75, 3.05) is 17.8 Å². The predicted octanol–water partition coefficient (Wildman–Crippen LogP) is 5.12. The number of rotatable bonds is 9. The van der Waals surface area contributed by atoms with E-state index in [2.05, 4.69) is 11.9 Å². The first-order valence-electron chi connectivity index (χ1n) is 12.9. The summed E-state index contributed by atoms with van der Waals surface area (Å²) in [7, 11) is 1.58. The van der Waals surface area contributed by atoms with Crippen molar-refractivity contribution in [3.63, 3.8) is 0 Å². The predicted molar refractivity (Wildman–Crippen MR) is 151 cm³/mol. The van der Waals surface area contributed by atoms with Gasteiger partial charge in [-0.15, -0.1) is 0 Å². The summed E-state index contributed by atoms with van der Waals surface area (Å²) in [5.74, 6) is 1.64. The molecular formula is C30H31N4O4S+. The number of methoxy groups -OCH3 is 1. The number of fused-ring (bicyclic) bond motifs is 3. The summed E-state index contributed by atoms with van der Waals surface area (Å²) in [6.07, 6.45) is 1.26. The van der Waals surface area contributed by atoms with Crippen LogP contribution in [0, 0.1) is 0 Å². The summed E-state index contributed by atoms with van der Waals surface area (Å²) >= 11 is 1.49. The van der Waals surface area contributed by atoms with Gasteiger partial charge in [-0.1, -0.05) is 73.6 Å². The van der Waals surface area contributed by atoms with E-state index < -0.39 is 6.17 Å². The van der Waals surface area contributed by atoms with Crippen LogP contribution in [0.1, 0.15) is 44.0 Å². The number of ether oxygens (including phenoxy) is 2. The molecule has 1 aliphatic rings. The standard InChI is InChI=1S/C30H30N4O4S/c1-4-5-18-39-30-31-28(36)26-22-14-9-10-16-24(22)33(20(2)35)29(34(26)32-30)23-15-11-17-25(37-3)27(23)38-19-21-12-7-6-8-13-21/h6-17,29H,4-5,18-19H2,1-3H3/p+1/t29-/m0/s1. The second-order valence-corrected chi connectivity index (χ2v) is 10.3. The van der Waals surface area contributed by atoms with Crippen molar-refractivity contribution in [1.82, 2.24) is 10.1 Å². The van der Waals surface area contributed by atoms with Crippen molar-refractivity contribution in [1.29, 1.82) is 0 Å². The maximum Gasteiger partial charge on any atom is 0.325 e. The second kappa shape index (κ2) is 11.7. The molecule has 3 aromatic carbocycles. The van der Waals surface area contributed by atoms with Crippen molar-refractivity contribution >= 4 is 23.4 Å². The first kappa shape index (κ1) is 26.5. The third-order valence-electron chi connectivity index (χ3n) is 6.57. The molecule has 1 N–H and O–H groups in total. The van der Waals surface area contributed by atoms with Gasteiger partial charge < -0.3 is 9.47 Å². The summed E-state index contributed by atoms with van der Waals surface area (Å²) in [5, 5.41) is 5.38. The van der Waals surface area contributed by atoms with Crippen LogP contribution in [0.25, 0.3) is 11.3 Å². The number of aromatic amines is 1. The van der Waals surface area contributed by atoms with Gasteiger partial charge in [-0.25, -0.2) is 4.90 Å². The van der Waals surface area contributed by atoms with Crippen LogP contribution in [0.2, 0.25) is 0 Å². The number of H-pyrrole nitrogens is 1. The van der Waals surface area contributed by atoms with Gasteiger partial charge in [0.2, 0.25) is 11.1 Å². The van der Waals surface area contributed by atoms with Crippen molar-refractivity contribution in [3.8, 4) is 22.8 Å². The van der Waals surface area contributed by atoms with Gasteiger partial charge in [-0.2, -0.15) is 0 Å². The third-order valence-corrected chi connectivity index (χ3v) is 7.52. The normalized spacial score (nSPS) is 13.9. The zero-order valence-electron chi connectivity index (χ0n) is 22.2. The lowest BCUT2D eigenvalue weighted by Crippen LogP contribution is -2.60. The lowest BCUT2D eigenvalue weighted by atomic mass is 10.0. The molecule has 0 unspecified atom stereocenters. The highest BCUT2D eigenvalue weighted by atomic mass is 32.2. The third kappa shape index (κ3) is 5.27. The van der Waals surface area contributed by atoms with Gasteiger partial charge in [0.05, 0.1) is 23.9 Å². The summed E-state index contributed by atoms with van der Waals surface area (Å²) < 4.78 is 13.7. The molecule has 1 atom stereocenters. The van der Waals surface area contributed by atoms with Crippen LogP contribution < -0.4 is 24.6 Å². The molecule has 8 nitrogen and oxygen atoms in total. The summed E-state index contributed by atoms with van der Waals surface area (Å²) in [6, 6.07) is 22.8. The Labute approximate surface area is 231 Å². The second-order valence-electron chi connectivity index (χ2n) is 9.19. The van der Waals surface area contributed by atoms with Crippen molar-refractivity contribution in [2.24, 2.45) is 0 Å². The molecule has 1 aliphatic heterocycles. The van der Waals surface area contributed by atoms with Gasteiger partial charge in [0, 0.05) is 17.8 Å². The molecule has 0 saturated heterocycles. The number of carbonyl (C=O) groups is 1. The fourth-order valence-electron chi connectivity index (χ4n) is 4.75.